The van der Waals surface area contributed by atoms with Crippen LogP contribution >= 0.6 is 23.2 Å². The first kappa shape index (κ1) is 21.0. The third-order valence-electron chi connectivity index (χ3n) is 3.66. The molecule has 1 amide bonds. The van der Waals surface area contributed by atoms with Crippen LogP contribution in [-0.2, 0) is 4.74 Å². The Kier molecular flexibility index (Phi) is 6.68. The SMILES string of the molecule is CC(C)(C)OC(=O)NC(c1ccc(Cl)cc1)C(c1ccc(Cl)cc1)[N+](=O)[O-]. The van der Waals surface area contributed by atoms with Crippen LogP contribution in [0.3, 0.4) is 0 Å². The van der Waals surface area contributed by atoms with Crippen molar-refractivity contribution in [2.45, 2.75) is 38.5 Å². The highest BCUT2D eigenvalue weighted by molar-refractivity contribution is 6.30. The van der Waals surface area contributed by atoms with Gasteiger partial charge < -0.3 is 10.1 Å². The van der Waals surface area contributed by atoms with E-state index < -0.39 is 28.7 Å². The Bertz CT molecular complexity index is 802. The molecule has 0 radical (unpaired) electrons. The van der Waals surface area contributed by atoms with Crippen molar-refractivity contribution in [2.24, 2.45) is 0 Å². The van der Waals surface area contributed by atoms with Crippen molar-refractivity contribution < 1.29 is 14.5 Å². The predicted molar refractivity (Wildman–Crippen MR) is 105 cm³/mol. The third-order valence-corrected chi connectivity index (χ3v) is 4.16. The summed E-state index contributed by atoms with van der Waals surface area (Å²) in [6.45, 7) is 5.15. The third kappa shape index (κ3) is 6.12. The highest BCUT2D eigenvalue weighted by Crippen LogP contribution is 2.33. The molecule has 0 heterocycles. The summed E-state index contributed by atoms with van der Waals surface area (Å²) in [4.78, 5) is 23.8. The molecule has 0 bridgehead atoms. The molecule has 2 aromatic rings. The van der Waals surface area contributed by atoms with E-state index in [4.69, 9.17) is 27.9 Å². The number of carbonyl (C=O) groups is 1. The molecule has 0 fully saturated rings. The van der Waals surface area contributed by atoms with E-state index in [9.17, 15) is 14.9 Å². The number of benzene rings is 2. The van der Waals surface area contributed by atoms with Gasteiger partial charge in [0.05, 0.1) is 0 Å². The zero-order valence-electron chi connectivity index (χ0n) is 15.1. The molecule has 0 saturated heterocycles. The second-order valence-corrected chi connectivity index (χ2v) is 7.83. The molecular formula is C19H20Cl2N2O4. The Morgan fingerprint density at radius 3 is 1.85 bits per heavy atom. The fourth-order valence-electron chi connectivity index (χ4n) is 2.55. The van der Waals surface area contributed by atoms with Crippen LogP contribution in [0.2, 0.25) is 10.0 Å². The monoisotopic (exact) mass is 410 g/mol. The molecule has 2 rings (SSSR count). The number of hydrogen-bond acceptors (Lipinski definition) is 4. The maximum atomic E-state index is 12.3. The van der Waals surface area contributed by atoms with Gasteiger partial charge in [0.1, 0.15) is 11.6 Å². The fraction of sp³-hybridized carbons (Fsp3) is 0.316. The van der Waals surface area contributed by atoms with Crippen LogP contribution in [0.1, 0.15) is 44.0 Å². The highest BCUT2D eigenvalue weighted by atomic mass is 35.5. The average molecular weight is 411 g/mol. The molecule has 2 aromatic carbocycles. The summed E-state index contributed by atoms with van der Waals surface area (Å²) >= 11 is 11.8. The van der Waals surface area contributed by atoms with Gasteiger partial charge >= 0.3 is 6.09 Å². The van der Waals surface area contributed by atoms with E-state index in [-0.39, 0.29) is 0 Å². The van der Waals surface area contributed by atoms with E-state index >= 15 is 0 Å². The zero-order chi connectivity index (χ0) is 20.2. The lowest BCUT2D eigenvalue weighted by Crippen LogP contribution is -2.39. The second kappa shape index (κ2) is 8.59. The molecule has 144 valence electrons. The van der Waals surface area contributed by atoms with E-state index in [1.807, 2.05) is 0 Å². The quantitative estimate of drug-likeness (QED) is 0.515. The van der Waals surface area contributed by atoms with Gasteiger partial charge in [0.25, 0.3) is 6.04 Å². The first-order valence-electron chi connectivity index (χ1n) is 8.21. The molecule has 6 nitrogen and oxygen atoms in total. The molecule has 0 aliphatic carbocycles. The van der Waals surface area contributed by atoms with Gasteiger partial charge in [-0.3, -0.25) is 10.1 Å². The van der Waals surface area contributed by atoms with Gasteiger partial charge in [-0.05, 0) is 50.6 Å². The summed E-state index contributed by atoms with van der Waals surface area (Å²) in [5, 5.41) is 15.5. The average Bonchev–Trinajstić information content (AvgIpc) is 2.55. The van der Waals surface area contributed by atoms with Crippen LogP contribution in [-0.4, -0.2) is 16.6 Å². The molecule has 0 aliphatic rings. The smallest absolute Gasteiger partial charge is 0.408 e. The first-order valence-corrected chi connectivity index (χ1v) is 8.96. The molecule has 0 aromatic heterocycles. The van der Waals surface area contributed by atoms with Gasteiger partial charge in [-0.2, -0.15) is 0 Å². The maximum absolute atomic E-state index is 12.3. The summed E-state index contributed by atoms with van der Waals surface area (Å²) in [6, 6.07) is 10.6. The van der Waals surface area contributed by atoms with Crippen LogP contribution in [0.15, 0.2) is 48.5 Å². The molecular weight excluding hydrogens is 391 g/mol. The lowest BCUT2D eigenvalue weighted by atomic mass is 9.94. The van der Waals surface area contributed by atoms with Gasteiger partial charge in [-0.15, -0.1) is 0 Å². The van der Waals surface area contributed by atoms with Gasteiger partial charge in [0, 0.05) is 20.5 Å². The van der Waals surface area contributed by atoms with Crippen LogP contribution in [0.5, 0.6) is 0 Å². The Hall–Kier alpha value is -2.31. The topological polar surface area (TPSA) is 81.5 Å². The first-order chi connectivity index (χ1) is 12.6. The number of ether oxygens (including phenoxy) is 1. The number of amides is 1. The van der Waals surface area contributed by atoms with Crippen molar-refractivity contribution in [3.63, 3.8) is 0 Å². The van der Waals surface area contributed by atoms with Gasteiger partial charge in [-0.1, -0.05) is 47.5 Å². The van der Waals surface area contributed by atoms with E-state index in [1.54, 1.807) is 69.3 Å². The Labute approximate surface area is 167 Å². The van der Waals surface area contributed by atoms with Crippen LogP contribution < -0.4 is 5.32 Å². The summed E-state index contributed by atoms with van der Waals surface area (Å²) in [6.07, 6.45) is -0.747. The van der Waals surface area contributed by atoms with Crippen molar-refractivity contribution in [3.8, 4) is 0 Å². The Balaban J connectivity index is 2.44. The normalized spacial score (nSPS) is 13.5. The molecule has 2 atom stereocenters. The molecule has 0 saturated carbocycles. The summed E-state index contributed by atoms with van der Waals surface area (Å²) in [7, 11) is 0. The summed E-state index contributed by atoms with van der Waals surface area (Å²) < 4.78 is 5.28. The second-order valence-electron chi connectivity index (χ2n) is 6.96. The van der Waals surface area contributed by atoms with Crippen molar-refractivity contribution >= 4 is 29.3 Å². The van der Waals surface area contributed by atoms with Crippen molar-refractivity contribution in [1.29, 1.82) is 0 Å². The van der Waals surface area contributed by atoms with Crippen molar-refractivity contribution in [1.82, 2.24) is 5.32 Å². The minimum atomic E-state index is -1.24. The summed E-state index contributed by atoms with van der Waals surface area (Å²) in [5.74, 6) is 0. The number of alkyl carbamates (subject to hydrolysis) is 1. The van der Waals surface area contributed by atoms with Gasteiger partial charge in [0.15, 0.2) is 0 Å². The number of halogens is 2. The van der Waals surface area contributed by atoms with Crippen molar-refractivity contribution in [2.75, 3.05) is 0 Å². The molecule has 8 heteroatoms. The largest absolute Gasteiger partial charge is 0.444 e. The Morgan fingerprint density at radius 1 is 1.00 bits per heavy atom. The van der Waals surface area contributed by atoms with Crippen LogP contribution in [0.4, 0.5) is 4.79 Å². The van der Waals surface area contributed by atoms with E-state index in [1.165, 1.54) is 0 Å². The van der Waals surface area contributed by atoms with Gasteiger partial charge in [-0.25, -0.2) is 4.79 Å². The number of nitrogens with one attached hydrogen (secondary N) is 1. The number of rotatable bonds is 5. The van der Waals surface area contributed by atoms with Crippen LogP contribution in [0, 0.1) is 10.1 Å². The number of hydrogen-bond donors (Lipinski definition) is 1. The summed E-state index contributed by atoms with van der Waals surface area (Å²) in [5.41, 5.74) is 0.196. The lowest BCUT2D eigenvalue weighted by Gasteiger charge is -2.26. The Morgan fingerprint density at radius 2 is 1.44 bits per heavy atom. The number of carbonyl (C=O) groups excluding carboxylic acids is 1. The van der Waals surface area contributed by atoms with E-state index in [0.29, 0.717) is 21.2 Å². The number of nitro groups is 1. The zero-order valence-corrected chi connectivity index (χ0v) is 16.6. The van der Waals surface area contributed by atoms with E-state index in [2.05, 4.69) is 5.32 Å². The molecule has 0 spiro atoms. The minimum Gasteiger partial charge on any atom is -0.444 e. The molecule has 0 aliphatic heterocycles. The lowest BCUT2D eigenvalue weighted by molar-refractivity contribution is -0.534. The predicted octanol–water partition coefficient (Wildman–Crippen LogP) is 5.58. The van der Waals surface area contributed by atoms with Crippen LogP contribution in [0.25, 0.3) is 0 Å². The molecule has 27 heavy (non-hydrogen) atoms. The van der Waals surface area contributed by atoms with Gasteiger partial charge in [0.2, 0.25) is 0 Å². The fourth-order valence-corrected chi connectivity index (χ4v) is 2.80. The molecule has 1 N–H and O–H groups in total. The standard InChI is InChI=1S/C19H20Cl2N2O4/c1-19(2,3)27-18(24)22-16(12-4-8-14(20)9-5-12)17(23(25)26)13-6-10-15(21)11-7-13/h4-11,16-17H,1-3H3,(H,22,24). The molecule has 2 unspecified atom stereocenters. The number of nitrogens with zero attached hydrogens (tertiary/aromatic N) is 1. The van der Waals surface area contributed by atoms with E-state index in [0.717, 1.165) is 0 Å². The minimum absolute atomic E-state index is 0.403. The van der Waals surface area contributed by atoms with Crippen molar-refractivity contribution in [3.05, 3.63) is 79.8 Å². The highest BCUT2D eigenvalue weighted by Gasteiger charge is 2.36. The maximum Gasteiger partial charge on any atom is 0.408 e.